The Morgan fingerprint density at radius 3 is 2.51 bits per heavy atom. The molecule has 2 aliphatic rings. The predicted molar refractivity (Wildman–Crippen MR) is 144 cm³/mol. The van der Waals surface area contributed by atoms with E-state index in [1.54, 1.807) is 19.5 Å². The minimum atomic E-state index is 0.374. The number of ether oxygens (including phenoxy) is 2. The molecule has 2 aromatic rings. The molecule has 0 bridgehead atoms. The fourth-order valence-electron chi connectivity index (χ4n) is 4.98. The van der Waals surface area contributed by atoms with Gasteiger partial charge in [0.05, 0.1) is 17.3 Å². The molecule has 1 aliphatic heterocycles. The van der Waals surface area contributed by atoms with Crippen LogP contribution in [0.25, 0.3) is 11.1 Å². The summed E-state index contributed by atoms with van der Waals surface area (Å²) in [6, 6.07) is 5.35. The van der Waals surface area contributed by atoms with Crippen LogP contribution in [0.1, 0.15) is 45.4 Å². The van der Waals surface area contributed by atoms with Crippen LogP contribution in [-0.4, -0.2) is 61.6 Å². The Kier molecular flexibility index (Phi) is 9.86. The summed E-state index contributed by atoms with van der Waals surface area (Å²) < 4.78 is 10.7. The van der Waals surface area contributed by atoms with Crippen LogP contribution in [-0.2, 0) is 9.47 Å². The normalized spacial score (nSPS) is 22.1. The van der Waals surface area contributed by atoms with Crippen molar-refractivity contribution in [3.8, 4) is 11.1 Å². The summed E-state index contributed by atoms with van der Waals surface area (Å²) >= 11 is 12.9. The maximum absolute atomic E-state index is 6.55. The van der Waals surface area contributed by atoms with E-state index in [4.69, 9.17) is 32.7 Å². The first kappa shape index (κ1) is 26.4. The standard InChI is InChI=1S/C26H37Cl2N5O2/c1-17(16-34-2)32-20-3-5-21(6-4-20)33-25-12-22(23(27)15-30-25)19-11-24(26(28)31-14-19)29-13-18-7-9-35-10-8-18/h11-12,14-15,17-18,20-21,29,32H,3-10,13,16H2,1-2H3,(H,30,33)/t17-,20?,21?/m0/s1. The summed E-state index contributed by atoms with van der Waals surface area (Å²) in [5.74, 6) is 1.41. The van der Waals surface area contributed by atoms with Crippen LogP contribution in [0.2, 0.25) is 10.2 Å². The Morgan fingerprint density at radius 2 is 1.77 bits per heavy atom. The third kappa shape index (κ3) is 7.67. The predicted octanol–water partition coefficient (Wildman–Crippen LogP) is 5.64. The number of anilines is 2. The highest BCUT2D eigenvalue weighted by Crippen LogP contribution is 2.33. The molecule has 0 radical (unpaired) electrons. The van der Waals surface area contributed by atoms with Gasteiger partial charge in [0.2, 0.25) is 0 Å². The zero-order valence-corrected chi connectivity index (χ0v) is 22.2. The second kappa shape index (κ2) is 13.1. The molecule has 192 valence electrons. The highest BCUT2D eigenvalue weighted by molar-refractivity contribution is 6.33. The highest BCUT2D eigenvalue weighted by atomic mass is 35.5. The second-order valence-corrected chi connectivity index (χ2v) is 10.5. The number of nitrogens with one attached hydrogen (secondary N) is 3. The van der Waals surface area contributed by atoms with Crippen LogP contribution in [0.5, 0.6) is 0 Å². The van der Waals surface area contributed by atoms with Crippen LogP contribution < -0.4 is 16.0 Å². The van der Waals surface area contributed by atoms with E-state index >= 15 is 0 Å². The molecule has 2 fully saturated rings. The third-order valence-electron chi connectivity index (χ3n) is 6.94. The summed E-state index contributed by atoms with van der Waals surface area (Å²) in [7, 11) is 1.75. The van der Waals surface area contributed by atoms with Gasteiger partial charge >= 0.3 is 0 Å². The van der Waals surface area contributed by atoms with Crippen molar-refractivity contribution in [2.24, 2.45) is 5.92 Å². The van der Waals surface area contributed by atoms with E-state index in [9.17, 15) is 0 Å². The number of hydrogen-bond acceptors (Lipinski definition) is 7. The average Bonchev–Trinajstić information content (AvgIpc) is 2.87. The lowest BCUT2D eigenvalue weighted by Crippen LogP contribution is -2.42. The number of methoxy groups -OCH3 is 1. The number of nitrogens with zero attached hydrogens (tertiary/aromatic N) is 2. The van der Waals surface area contributed by atoms with Crippen LogP contribution in [0.4, 0.5) is 11.5 Å². The fourth-order valence-corrected chi connectivity index (χ4v) is 5.36. The molecule has 1 atom stereocenters. The topological polar surface area (TPSA) is 80.3 Å². The quantitative estimate of drug-likeness (QED) is 0.349. The van der Waals surface area contributed by atoms with Gasteiger partial charge in [0.25, 0.3) is 0 Å². The molecule has 3 heterocycles. The first-order valence-electron chi connectivity index (χ1n) is 12.7. The van der Waals surface area contributed by atoms with E-state index in [0.29, 0.717) is 34.2 Å². The Hall–Kier alpha value is -1.64. The number of hydrogen-bond donors (Lipinski definition) is 3. The van der Waals surface area contributed by atoms with Crippen molar-refractivity contribution < 1.29 is 9.47 Å². The van der Waals surface area contributed by atoms with Gasteiger partial charge in [0.15, 0.2) is 5.15 Å². The molecule has 3 N–H and O–H groups in total. The Bertz CT molecular complexity index is 949. The maximum Gasteiger partial charge on any atom is 0.152 e. The molecular formula is C26H37Cl2N5O2. The molecule has 4 rings (SSSR count). The van der Waals surface area contributed by atoms with Crippen molar-refractivity contribution in [2.45, 2.75) is 63.6 Å². The van der Waals surface area contributed by atoms with Crippen molar-refractivity contribution in [1.82, 2.24) is 15.3 Å². The molecule has 35 heavy (non-hydrogen) atoms. The average molecular weight is 523 g/mol. The molecule has 2 aromatic heterocycles. The van der Waals surface area contributed by atoms with Gasteiger partial charge in [0, 0.05) is 68.5 Å². The minimum absolute atomic E-state index is 0.374. The summed E-state index contributed by atoms with van der Waals surface area (Å²) in [5, 5.41) is 11.8. The van der Waals surface area contributed by atoms with E-state index < -0.39 is 0 Å². The number of rotatable bonds is 10. The number of pyridine rings is 2. The van der Waals surface area contributed by atoms with Gasteiger partial charge in [-0.2, -0.15) is 0 Å². The van der Waals surface area contributed by atoms with Crippen molar-refractivity contribution in [3.63, 3.8) is 0 Å². The summed E-state index contributed by atoms with van der Waals surface area (Å²) in [6.45, 7) is 5.41. The highest BCUT2D eigenvalue weighted by Gasteiger charge is 2.23. The zero-order valence-electron chi connectivity index (χ0n) is 20.7. The molecule has 0 unspecified atom stereocenters. The molecule has 1 saturated carbocycles. The van der Waals surface area contributed by atoms with Crippen LogP contribution in [0.15, 0.2) is 24.5 Å². The molecule has 0 amide bonds. The smallest absolute Gasteiger partial charge is 0.152 e. The van der Waals surface area contributed by atoms with E-state index in [1.807, 2.05) is 12.1 Å². The summed E-state index contributed by atoms with van der Waals surface area (Å²) in [5.41, 5.74) is 2.64. The summed E-state index contributed by atoms with van der Waals surface area (Å²) in [6.07, 6.45) is 10.1. The van der Waals surface area contributed by atoms with Gasteiger partial charge in [-0.15, -0.1) is 0 Å². The zero-order chi connectivity index (χ0) is 24.6. The van der Waals surface area contributed by atoms with Crippen LogP contribution >= 0.6 is 23.2 Å². The van der Waals surface area contributed by atoms with Crippen molar-refractivity contribution in [2.75, 3.05) is 44.1 Å². The third-order valence-corrected chi connectivity index (χ3v) is 7.55. The SMILES string of the molecule is COC[C@H](C)NC1CCC(Nc2cc(-c3cnc(Cl)c(NCC4CCOCC4)c3)c(Cl)cn2)CC1. The van der Waals surface area contributed by atoms with Crippen molar-refractivity contribution in [3.05, 3.63) is 34.7 Å². The first-order valence-corrected chi connectivity index (χ1v) is 13.4. The Morgan fingerprint density at radius 1 is 1.03 bits per heavy atom. The lowest BCUT2D eigenvalue weighted by molar-refractivity contribution is 0.0699. The van der Waals surface area contributed by atoms with Gasteiger partial charge in [-0.3, -0.25) is 0 Å². The van der Waals surface area contributed by atoms with Gasteiger partial charge < -0.3 is 25.4 Å². The molecule has 9 heteroatoms. The van der Waals surface area contributed by atoms with E-state index in [0.717, 1.165) is 87.5 Å². The second-order valence-electron chi connectivity index (χ2n) is 9.76. The van der Waals surface area contributed by atoms with Crippen molar-refractivity contribution >= 4 is 34.7 Å². The van der Waals surface area contributed by atoms with Crippen LogP contribution in [0.3, 0.4) is 0 Å². The van der Waals surface area contributed by atoms with Gasteiger partial charge in [-0.05, 0) is 63.5 Å². The molecule has 0 aromatic carbocycles. The maximum atomic E-state index is 6.55. The summed E-state index contributed by atoms with van der Waals surface area (Å²) in [4.78, 5) is 8.95. The molecule has 7 nitrogen and oxygen atoms in total. The van der Waals surface area contributed by atoms with Crippen LogP contribution in [0, 0.1) is 5.92 Å². The van der Waals surface area contributed by atoms with E-state index in [-0.39, 0.29) is 0 Å². The molecular weight excluding hydrogens is 485 g/mol. The van der Waals surface area contributed by atoms with E-state index in [2.05, 4.69) is 32.8 Å². The van der Waals surface area contributed by atoms with Gasteiger partial charge in [-0.1, -0.05) is 23.2 Å². The fraction of sp³-hybridized carbons (Fsp3) is 0.615. The number of aromatic nitrogens is 2. The van der Waals surface area contributed by atoms with E-state index in [1.165, 1.54) is 0 Å². The van der Waals surface area contributed by atoms with Crippen molar-refractivity contribution in [1.29, 1.82) is 0 Å². The number of halogens is 2. The lowest BCUT2D eigenvalue weighted by atomic mass is 9.90. The Balaban J connectivity index is 1.37. The molecule has 0 spiro atoms. The Labute approximate surface area is 218 Å². The van der Waals surface area contributed by atoms with Gasteiger partial charge in [-0.25, -0.2) is 9.97 Å². The first-order chi connectivity index (χ1) is 17.0. The lowest BCUT2D eigenvalue weighted by Gasteiger charge is -2.32. The largest absolute Gasteiger partial charge is 0.383 e. The molecule has 1 saturated heterocycles. The monoisotopic (exact) mass is 521 g/mol. The minimum Gasteiger partial charge on any atom is -0.383 e. The van der Waals surface area contributed by atoms with Gasteiger partial charge in [0.1, 0.15) is 5.82 Å². The molecule has 1 aliphatic carbocycles.